The number of carbonyl (C=O) groups excluding carboxylic acids is 1. The van der Waals surface area contributed by atoms with Crippen LogP contribution in [0.5, 0.6) is 0 Å². The summed E-state index contributed by atoms with van der Waals surface area (Å²) in [6.07, 6.45) is 0.654. The number of aldehydes is 1. The van der Waals surface area contributed by atoms with Gasteiger partial charge < -0.3 is 10.3 Å². The summed E-state index contributed by atoms with van der Waals surface area (Å²) in [5, 5.41) is 3.59. The summed E-state index contributed by atoms with van der Waals surface area (Å²) in [5.74, 6) is 0.584. The molecule has 0 aliphatic heterocycles. The average molecular weight is 202 g/mol. The van der Waals surface area contributed by atoms with E-state index in [1.165, 1.54) is 0 Å². The predicted octanol–water partition coefficient (Wildman–Crippen LogP) is 1.61. The fraction of sp³-hybridized carbons (Fsp3) is 0.0909. The molecule has 1 heterocycles. The Bertz CT molecular complexity index is 460. The minimum atomic E-state index is 0.299. The lowest BCUT2D eigenvalue weighted by Gasteiger charge is -1.97. The van der Waals surface area contributed by atoms with Gasteiger partial charge in [0.2, 0.25) is 0 Å². The number of hydrogen-bond acceptors (Lipinski definition) is 4. The van der Waals surface area contributed by atoms with Gasteiger partial charge in [0.15, 0.2) is 12.0 Å². The van der Waals surface area contributed by atoms with Gasteiger partial charge in [-0.1, -0.05) is 29.4 Å². The molecule has 1 aromatic heterocycles. The third-order valence-electron chi connectivity index (χ3n) is 2.12. The minimum absolute atomic E-state index is 0.299. The molecule has 0 radical (unpaired) electrons. The molecule has 0 saturated heterocycles. The number of nitrogens with zero attached hydrogens (tertiary/aromatic N) is 1. The van der Waals surface area contributed by atoms with E-state index < -0.39 is 0 Å². The van der Waals surface area contributed by atoms with Gasteiger partial charge >= 0.3 is 0 Å². The first-order chi connectivity index (χ1) is 7.33. The summed E-state index contributed by atoms with van der Waals surface area (Å²) in [7, 11) is 0. The Hall–Kier alpha value is -1.94. The number of hydrogen-bond donors (Lipinski definition) is 1. The minimum Gasteiger partial charge on any atom is -0.356 e. The van der Waals surface area contributed by atoms with Crippen molar-refractivity contribution in [3.05, 3.63) is 41.6 Å². The Labute approximate surface area is 86.7 Å². The normalized spacial score (nSPS) is 10.2. The molecule has 0 aliphatic rings. The van der Waals surface area contributed by atoms with E-state index in [1.54, 1.807) is 6.07 Å². The fourth-order valence-corrected chi connectivity index (χ4v) is 1.29. The van der Waals surface area contributed by atoms with Gasteiger partial charge in [-0.2, -0.15) is 0 Å². The van der Waals surface area contributed by atoms with Crippen LogP contribution in [0.4, 0.5) is 0 Å². The molecule has 76 valence electrons. The Morgan fingerprint density at radius 1 is 1.33 bits per heavy atom. The molecule has 0 aliphatic carbocycles. The van der Waals surface area contributed by atoms with Crippen molar-refractivity contribution in [1.82, 2.24) is 5.16 Å². The van der Waals surface area contributed by atoms with E-state index in [0.717, 1.165) is 11.1 Å². The zero-order valence-corrected chi connectivity index (χ0v) is 8.01. The molecule has 4 nitrogen and oxygen atoms in total. The van der Waals surface area contributed by atoms with Gasteiger partial charge in [0.25, 0.3) is 0 Å². The number of aromatic nitrogens is 1. The molecular formula is C11H10N2O2. The fourth-order valence-electron chi connectivity index (χ4n) is 1.29. The van der Waals surface area contributed by atoms with Crippen molar-refractivity contribution in [2.45, 2.75) is 6.54 Å². The second kappa shape index (κ2) is 4.06. The van der Waals surface area contributed by atoms with Crippen LogP contribution >= 0.6 is 0 Å². The van der Waals surface area contributed by atoms with E-state index in [4.69, 9.17) is 10.3 Å². The van der Waals surface area contributed by atoms with Crippen molar-refractivity contribution in [3.63, 3.8) is 0 Å². The predicted molar refractivity (Wildman–Crippen MR) is 55.2 cm³/mol. The van der Waals surface area contributed by atoms with E-state index in [1.807, 2.05) is 24.3 Å². The van der Waals surface area contributed by atoms with Crippen molar-refractivity contribution in [2.24, 2.45) is 5.73 Å². The molecule has 0 unspecified atom stereocenters. The van der Waals surface area contributed by atoms with E-state index in [9.17, 15) is 4.79 Å². The largest absolute Gasteiger partial charge is 0.356 e. The van der Waals surface area contributed by atoms with Crippen LogP contribution in [0.3, 0.4) is 0 Å². The van der Waals surface area contributed by atoms with Crippen LogP contribution in [-0.4, -0.2) is 11.4 Å². The zero-order chi connectivity index (χ0) is 10.7. The SMILES string of the molecule is NCc1ccc(-c2cc(C=O)no2)cc1. The maximum absolute atomic E-state index is 10.4. The topological polar surface area (TPSA) is 69.1 Å². The lowest BCUT2D eigenvalue weighted by molar-refractivity contribution is 0.111. The van der Waals surface area contributed by atoms with Gasteiger partial charge in [0.1, 0.15) is 5.69 Å². The highest BCUT2D eigenvalue weighted by Gasteiger charge is 2.05. The molecule has 0 bridgehead atoms. The number of carbonyl (C=O) groups is 1. The van der Waals surface area contributed by atoms with Crippen LogP contribution in [-0.2, 0) is 6.54 Å². The molecule has 0 saturated carbocycles. The lowest BCUT2D eigenvalue weighted by Crippen LogP contribution is -1.94. The lowest BCUT2D eigenvalue weighted by atomic mass is 10.1. The van der Waals surface area contributed by atoms with Crippen molar-refractivity contribution in [3.8, 4) is 11.3 Å². The average Bonchev–Trinajstić information content (AvgIpc) is 2.78. The van der Waals surface area contributed by atoms with Crippen LogP contribution in [0.25, 0.3) is 11.3 Å². The summed E-state index contributed by atoms with van der Waals surface area (Å²) in [6, 6.07) is 9.20. The van der Waals surface area contributed by atoms with Crippen molar-refractivity contribution in [1.29, 1.82) is 0 Å². The van der Waals surface area contributed by atoms with Gasteiger partial charge in [-0.25, -0.2) is 0 Å². The van der Waals surface area contributed by atoms with E-state index >= 15 is 0 Å². The zero-order valence-electron chi connectivity index (χ0n) is 8.01. The smallest absolute Gasteiger partial charge is 0.171 e. The molecule has 0 spiro atoms. The summed E-state index contributed by atoms with van der Waals surface area (Å²) in [4.78, 5) is 10.4. The molecule has 2 rings (SSSR count). The van der Waals surface area contributed by atoms with E-state index in [0.29, 0.717) is 24.3 Å². The molecule has 0 atom stereocenters. The molecule has 2 N–H and O–H groups in total. The molecule has 4 heteroatoms. The van der Waals surface area contributed by atoms with Gasteiger partial charge in [0.05, 0.1) is 0 Å². The van der Waals surface area contributed by atoms with Gasteiger partial charge in [-0.3, -0.25) is 4.79 Å². The second-order valence-electron chi connectivity index (χ2n) is 3.13. The molecule has 2 aromatic rings. The molecule has 0 fully saturated rings. The van der Waals surface area contributed by atoms with E-state index in [2.05, 4.69) is 5.16 Å². The highest BCUT2D eigenvalue weighted by atomic mass is 16.5. The molecular weight excluding hydrogens is 192 g/mol. The van der Waals surface area contributed by atoms with Crippen LogP contribution in [0.2, 0.25) is 0 Å². The molecule has 0 amide bonds. The quantitative estimate of drug-likeness (QED) is 0.768. The third-order valence-corrected chi connectivity index (χ3v) is 2.12. The molecule has 15 heavy (non-hydrogen) atoms. The monoisotopic (exact) mass is 202 g/mol. The number of benzene rings is 1. The number of rotatable bonds is 3. The number of nitrogens with two attached hydrogens (primary N) is 1. The van der Waals surface area contributed by atoms with Crippen LogP contribution < -0.4 is 5.73 Å². The Balaban J connectivity index is 2.32. The van der Waals surface area contributed by atoms with Gasteiger partial charge in [-0.15, -0.1) is 0 Å². The second-order valence-corrected chi connectivity index (χ2v) is 3.13. The first kappa shape index (κ1) is 9.61. The maximum Gasteiger partial charge on any atom is 0.171 e. The van der Waals surface area contributed by atoms with Crippen molar-refractivity contribution >= 4 is 6.29 Å². The van der Waals surface area contributed by atoms with Crippen LogP contribution in [0.1, 0.15) is 16.1 Å². The van der Waals surface area contributed by atoms with Crippen molar-refractivity contribution in [2.75, 3.05) is 0 Å². The summed E-state index contributed by atoms with van der Waals surface area (Å²) < 4.78 is 5.00. The highest BCUT2D eigenvalue weighted by molar-refractivity contribution is 5.74. The first-order valence-electron chi connectivity index (χ1n) is 4.55. The maximum atomic E-state index is 10.4. The molecule has 1 aromatic carbocycles. The Kier molecular flexibility index (Phi) is 2.60. The van der Waals surface area contributed by atoms with Crippen molar-refractivity contribution < 1.29 is 9.32 Å². The van der Waals surface area contributed by atoms with Gasteiger partial charge in [0, 0.05) is 18.2 Å². The third kappa shape index (κ3) is 1.94. The summed E-state index contributed by atoms with van der Waals surface area (Å²) in [5.41, 5.74) is 7.71. The highest BCUT2D eigenvalue weighted by Crippen LogP contribution is 2.20. The Morgan fingerprint density at radius 3 is 2.60 bits per heavy atom. The summed E-state index contributed by atoms with van der Waals surface area (Å²) >= 11 is 0. The first-order valence-corrected chi connectivity index (χ1v) is 4.55. The van der Waals surface area contributed by atoms with Gasteiger partial charge in [-0.05, 0) is 5.56 Å². The van der Waals surface area contributed by atoms with Crippen LogP contribution in [0.15, 0.2) is 34.9 Å². The Morgan fingerprint density at radius 2 is 2.07 bits per heavy atom. The summed E-state index contributed by atoms with van der Waals surface area (Å²) in [6.45, 7) is 0.510. The van der Waals surface area contributed by atoms with Crippen LogP contribution in [0, 0.1) is 0 Å². The van der Waals surface area contributed by atoms with E-state index in [-0.39, 0.29) is 0 Å². The standard InChI is InChI=1S/C11H10N2O2/c12-6-8-1-3-9(4-2-8)11-5-10(7-14)13-15-11/h1-5,7H,6,12H2.